The summed E-state index contributed by atoms with van der Waals surface area (Å²) < 4.78 is 7.25. The minimum absolute atomic E-state index is 0.152. The Balaban J connectivity index is 2.11. The van der Waals surface area contributed by atoms with Crippen LogP contribution in [0.15, 0.2) is 53.5 Å². The summed E-state index contributed by atoms with van der Waals surface area (Å²) in [6.45, 7) is 2.54. The highest BCUT2D eigenvalue weighted by Crippen LogP contribution is 2.23. The minimum Gasteiger partial charge on any atom is -0.494 e. The summed E-state index contributed by atoms with van der Waals surface area (Å²) in [5.74, 6) is -0.488. The van der Waals surface area contributed by atoms with Crippen LogP contribution in [-0.2, 0) is 13.0 Å². The molecule has 0 atom stereocenters. The fraction of sp³-hybridized carbons (Fsp3) is 0.238. The van der Waals surface area contributed by atoms with Gasteiger partial charge in [-0.3, -0.25) is 4.79 Å². The largest absolute Gasteiger partial charge is 0.494 e. The second-order valence-corrected chi connectivity index (χ2v) is 6.16. The lowest BCUT2D eigenvalue weighted by Gasteiger charge is -2.13. The van der Waals surface area contributed by atoms with Crippen molar-refractivity contribution >= 4 is 16.9 Å². The zero-order valence-corrected chi connectivity index (χ0v) is 15.0. The third kappa shape index (κ3) is 3.85. The summed E-state index contributed by atoms with van der Waals surface area (Å²) in [6.07, 6.45) is 1.84. The van der Waals surface area contributed by atoms with Gasteiger partial charge in [0.2, 0.25) is 5.43 Å². The number of nitrogens with zero attached hydrogens (tertiary/aromatic N) is 1. The van der Waals surface area contributed by atoms with Crippen molar-refractivity contribution in [2.24, 2.45) is 0 Å². The molecule has 2 aromatic carbocycles. The number of carboxylic acids is 1. The smallest absolute Gasteiger partial charge is 0.341 e. The number of pyridine rings is 1. The van der Waals surface area contributed by atoms with Crippen molar-refractivity contribution in [1.82, 2.24) is 4.57 Å². The molecule has 1 heterocycles. The van der Waals surface area contributed by atoms with Gasteiger partial charge in [0.15, 0.2) is 0 Å². The van der Waals surface area contributed by atoms with Gasteiger partial charge in [0.05, 0.1) is 18.7 Å². The Morgan fingerprint density at radius 3 is 2.67 bits per heavy atom. The SMILES string of the molecule is CCOc1ccccc1Cc1ccc2c(c1)c(=O)c(C(=O)O)cn2CCO. The Morgan fingerprint density at radius 2 is 1.96 bits per heavy atom. The normalized spacial score (nSPS) is 10.9. The van der Waals surface area contributed by atoms with Crippen LogP contribution in [0, 0.1) is 0 Å². The number of aliphatic hydroxyl groups is 1. The molecule has 0 unspecified atom stereocenters. The number of aromatic carboxylic acids is 1. The van der Waals surface area contributed by atoms with Crippen LogP contribution in [0.1, 0.15) is 28.4 Å². The minimum atomic E-state index is -1.28. The Bertz CT molecular complexity index is 1040. The van der Waals surface area contributed by atoms with Crippen LogP contribution in [0.2, 0.25) is 0 Å². The summed E-state index contributed by atoms with van der Waals surface area (Å²) in [5, 5.41) is 18.9. The average molecular weight is 367 g/mol. The maximum absolute atomic E-state index is 12.6. The zero-order valence-electron chi connectivity index (χ0n) is 15.0. The average Bonchev–Trinajstić information content (AvgIpc) is 2.66. The lowest BCUT2D eigenvalue weighted by molar-refractivity contribution is 0.0694. The van der Waals surface area contributed by atoms with E-state index in [1.807, 2.05) is 37.3 Å². The number of carboxylic acid groups (broad SMARTS) is 1. The first-order valence-electron chi connectivity index (χ1n) is 8.76. The second kappa shape index (κ2) is 8.05. The van der Waals surface area contributed by atoms with E-state index in [0.29, 0.717) is 23.9 Å². The lowest BCUT2D eigenvalue weighted by atomic mass is 10.0. The first kappa shape index (κ1) is 18.7. The van der Waals surface area contributed by atoms with Crippen molar-refractivity contribution in [3.63, 3.8) is 0 Å². The zero-order chi connectivity index (χ0) is 19.4. The van der Waals surface area contributed by atoms with E-state index in [1.165, 1.54) is 6.20 Å². The molecule has 1 aromatic heterocycles. The number of carbonyl (C=O) groups is 1. The molecule has 2 N–H and O–H groups in total. The van der Waals surface area contributed by atoms with Gasteiger partial charge in [0, 0.05) is 24.5 Å². The van der Waals surface area contributed by atoms with Gasteiger partial charge in [-0.2, -0.15) is 0 Å². The van der Waals surface area contributed by atoms with Crippen LogP contribution in [0.3, 0.4) is 0 Å². The first-order chi connectivity index (χ1) is 13.0. The van der Waals surface area contributed by atoms with Crippen LogP contribution in [0.4, 0.5) is 0 Å². The number of ether oxygens (including phenoxy) is 1. The molecule has 27 heavy (non-hydrogen) atoms. The molecular weight excluding hydrogens is 346 g/mol. The van der Waals surface area contributed by atoms with Gasteiger partial charge < -0.3 is 19.5 Å². The molecule has 0 fully saturated rings. The molecule has 0 aliphatic carbocycles. The molecule has 0 radical (unpaired) electrons. The molecule has 0 saturated heterocycles. The van der Waals surface area contributed by atoms with E-state index >= 15 is 0 Å². The Hall–Kier alpha value is -3.12. The van der Waals surface area contributed by atoms with Gasteiger partial charge in [-0.15, -0.1) is 0 Å². The third-order valence-electron chi connectivity index (χ3n) is 4.38. The molecule has 0 aliphatic heterocycles. The van der Waals surface area contributed by atoms with Crippen LogP contribution < -0.4 is 10.2 Å². The molecule has 0 saturated carbocycles. The van der Waals surface area contributed by atoms with E-state index in [0.717, 1.165) is 16.9 Å². The summed E-state index contributed by atoms with van der Waals surface area (Å²) in [4.78, 5) is 24.0. The van der Waals surface area contributed by atoms with E-state index in [2.05, 4.69) is 0 Å². The maximum atomic E-state index is 12.6. The highest BCUT2D eigenvalue weighted by atomic mass is 16.5. The lowest BCUT2D eigenvalue weighted by Crippen LogP contribution is -2.19. The number of rotatable bonds is 7. The van der Waals surface area contributed by atoms with Gasteiger partial charge in [-0.05, 0) is 36.2 Å². The van der Waals surface area contributed by atoms with E-state index in [4.69, 9.17) is 4.74 Å². The van der Waals surface area contributed by atoms with Crippen molar-refractivity contribution in [1.29, 1.82) is 0 Å². The van der Waals surface area contributed by atoms with Gasteiger partial charge in [-0.1, -0.05) is 24.3 Å². The van der Waals surface area contributed by atoms with E-state index in [1.54, 1.807) is 16.7 Å². The molecule has 0 spiro atoms. The molecule has 6 nitrogen and oxygen atoms in total. The van der Waals surface area contributed by atoms with Crippen LogP contribution in [0.25, 0.3) is 10.9 Å². The predicted octanol–water partition coefficient (Wildman–Crippen LogP) is 2.68. The number of benzene rings is 2. The molecule has 0 bridgehead atoms. The Labute approximate surface area is 156 Å². The van der Waals surface area contributed by atoms with Crippen molar-refractivity contribution in [3.8, 4) is 5.75 Å². The molecule has 3 aromatic rings. The maximum Gasteiger partial charge on any atom is 0.341 e. The summed E-state index contributed by atoms with van der Waals surface area (Å²) in [6, 6.07) is 13.1. The Morgan fingerprint density at radius 1 is 1.19 bits per heavy atom. The fourth-order valence-corrected chi connectivity index (χ4v) is 3.17. The second-order valence-electron chi connectivity index (χ2n) is 6.16. The summed E-state index contributed by atoms with van der Waals surface area (Å²) >= 11 is 0. The number of aromatic nitrogens is 1. The monoisotopic (exact) mass is 367 g/mol. The van der Waals surface area contributed by atoms with Crippen molar-refractivity contribution in [2.45, 2.75) is 19.9 Å². The van der Waals surface area contributed by atoms with E-state index in [-0.39, 0.29) is 18.7 Å². The van der Waals surface area contributed by atoms with Crippen molar-refractivity contribution in [2.75, 3.05) is 13.2 Å². The van der Waals surface area contributed by atoms with Gasteiger partial charge in [0.25, 0.3) is 0 Å². The molecule has 6 heteroatoms. The number of hydrogen-bond acceptors (Lipinski definition) is 4. The third-order valence-corrected chi connectivity index (χ3v) is 4.38. The summed E-state index contributed by atoms with van der Waals surface area (Å²) in [7, 11) is 0. The molecule has 3 rings (SSSR count). The quantitative estimate of drug-likeness (QED) is 0.670. The van der Waals surface area contributed by atoms with Crippen LogP contribution >= 0.6 is 0 Å². The van der Waals surface area contributed by atoms with E-state index in [9.17, 15) is 19.8 Å². The van der Waals surface area contributed by atoms with Crippen molar-refractivity contribution < 1.29 is 19.7 Å². The summed E-state index contributed by atoms with van der Waals surface area (Å²) in [5.41, 5.74) is 1.64. The molecule has 140 valence electrons. The van der Waals surface area contributed by atoms with Gasteiger partial charge >= 0.3 is 5.97 Å². The van der Waals surface area contributed by atoms with Crippen molar-refractivity contribution in [3.05, 3.63) is 75.6 Å². The highest BCUT2D eigenvalue weighted by molar-refractivity contribution is 5.92. The molecule has 0 amide bonds. The first-order valence-corrected chi connectivity index (χ1v) is 8.76. The number of hydrogen-bond donors (Lipinski definition) is 2. The van der Waals surface area contributed by atoms with Gasteiger partial charge in [-0.25, -0.2) is 4.79 Å². The number of aliphatic hydroxyl groups excluding tert-OH is 1. The highest BCUT2D eigenvalue weighted by Gasteiger charge is 2.15. The topological polar surface area (TPSA) is 88.8 Å². The van der Waals surface area contributed by atoms with Gasteiger partial charge in [0.1, 0.15) is 11.3 Å². The Kier molecular flexibility index (Phi) is 5.57. The predicted molar refractivity (Wildman–Crippen MR) is 103 cm³/mol. The number of fused-ring (bicyclic) bond motifs is 1. The number of para-hydroxylation sites is 1. The molecule has 0 aliphatic rings. The molecular formula is C21H21NO5. The van der Waals surface area contributed by atoms with E-state index < -0.39 is 11.4 Å². The fourth-order valence-electron chi connectivity index (χ4n) is 3.17. The van der Waals surface area contributed by atoms with Crippen LogP contribution in [0.5, 0.6) is 5.75 Å². The van der Waals surface area contributed by atoms with Crippen LogP contribution in [-0.4, -0.2) is 34.0 Å². The standard InChI is InChI=1S/C21H21NO5/c1-2-27-19-6-4-3-5-15(19)11-14-7-8-18-16(12-14)20(24)17(21(25)26)13-22(18)9-10-23/h3-8,12-13,23H,2,9-11H2,1H3,(H,25,26).